The summed E-state index contributed by atoms with van der Waals surface area (Å²) in [6.07, 6.45) is 0. The van der Waals surface area contributed by atoms with Gasteiger partial charge in [-0.2, -0.15) is 18.2 Å². The summed E-state index contributed by atoms with van der Waals surface area (Å²) in [6, 6.07) is 15.0. The molecule has 0 radical (unpaired) electrons. The van der Waals surface area contributed by atoms with Gasteiger partial charge in [-0.15, -0.1) is 0 Å². The van der Waals surface area contributed by atoms with Crippen LogP contribution in [0.3, 0.4) is 0 Å². The van der Waals surface area contributed by atoms with Crippen molar-refractivity contribution in [2.24, 2.45) is 0 Å². The van der Waals surface area contributed by atoms with E-state index in [1.807, 2.05) is 18.2 Å². The molecular formula is C16H13FN2O3S. The molecule has 23 heavy (non-hydrogen) atoms. The van der Waals surface area contributed by atoms with Crippen molar-refractivity contribution >= 4 is 10.1 Å². The summed E-state index contributed by atoms with van der Waals surface area (Å²) < 4.78 is 44.2. The largest absolute Gasteiger partial charge is 0.358 e. The van der Waals surface area contributed by atoms with Crippen molar-refractivity contribution in [3.8, 4) is 11.6 Å². The summed E-state index contributed by atoms with van der Waals surface area (Å²) in [6.45, 7) is 1.73. The Kier molecular flexibility index (Phi) is 3.87. The van der Waals surface area contributed by atoms with Gasteiger partial charge in [-0.1, -0.05) is 18.2 Å². The normalized spacial score (nSPS) is 11.4. The zero-order valence-electron chi connectivity index (χ0n) is 12.2. The van der Waals surface area contributed by atoms with Gasteiger partial charge in [0.1, 0.15) is 10.7 Å². The minimum absolute atomic E-state index is 0.0676. The van der Waals surface area contributed by atoms with Crippen molar-refractivity contribution in [3.05, 3.63) is 72.2 Å². The van der Waals surface area contributed by atoms with Crippen LogP contribution in [0.5, 0.6) is 5.88 Å². The maximum absolute atomic E-state index is 12.9. The predicted octanol–water partition coefficient (Wildman–Crippen LogP) is 3.09. The van der Waals surface area contributed by atoms with Crippen molar-refractivity contribution in [2.45, 2.75) is 11.8 Å². The number of rotatable bonds is 4. The maximum Gasteiger partial charge on any atom is 0.340 e. The average Bonchev–Trinajstić information content (AvgIpc) is 2.88. The molecular weight excluding hydrogens is 319 g/mol. The second-order valence-corrected chi connectivity index (χ2v) is 6.41. The van der Waals surface area contributed by atoms with Crippen LogP contribution in [0, 0.1) is 12.7 Å². The lowest BCUT2D eigenvalue weighted by molar-refractivity contribution is 0.465. The van der Waals surface area contributed by atoms with Gasteiger partial charge in [0.05, 0.1) is 11.4 Å². The second kappa shape index (κ2) is 5.85. The minimum atomic E-state index is -4.07. The Bertz CT molecular complexity index is 920. The molecule has 0 bridgehead atoms. The number of nitrogens with zero attached hydrogens (tertiary/aromatic N) is 2. The average molecular weight is 332 g/mol. The first-order valence-electron chi connectivity index (χ1n) is 6.78. The molecule has 0 spiro atoms. The van der Waals surface area contributed by atoms with Gasteiger partial charge in [-0.05, 0) is 43.3 Å². The van der Waals surface area contributed by atoms with Gasteiger partial charge in [0.25, 0.3) is 0 Å². The van der Waals surface area contributed by atoms with Gasteiger partial charge >= 0.3 is 10.1 Å². The predicted molar refractivity (Wildman–Crippen MR) is 82.5 cm³/mol. The lowest BCUT2D eigenvalue weighted by Gasteiger charge is -2.09. The molecule has 0 aliphatic rings. The first-order valence-corrected chi connectivity index (χ1v) is 8.19. The number of aromatic nitrogens is 2. The van der Waals surface area contributed by atoms with Crippen molar-refractivity contribution in [2.75, 3.05) is 0 Å². The molecule has 0 N–H and O–H groups in total. The topological polar surface area (TPSA) is 61.2 Å². The number of hydrogen-bond donors (Lipinski definition) is 0. The molecule has 5 nitrogen and oxygen atoms in total. The van der Waals surface area contributed by atoms with Gasteiger partial charge < -0.3 is 4.18 Å². The van der Waals surface area contributed by atoms with Crippen molar-refractivity contribution in [1.82, 2.24) is 9.78 Å². The van der Waals surface area contributed by atoms with E-state index in [0.717, 1.165) is 24.3 Å². The molecule has 1 aromatic heterocycles. The van der Waals surface area contributed by atoms with Crippen LogP contribution in [-0.2, 0) is 10.1 Å². The zero-order chi connectivity index (χ0) is 16.4. The fourth-order valence-corrected chi connectivity index (χ4v) is 2.96. The van der Waals surface area contributed by atoms with E-state index in [4.69, 9.17) is 4.18 Å². The molecule has 0 aliphatic heterocycles. The van der Waals surface area contributed by atoms with Crippen molar-refractivity contribution < 1.29 is 17.0 Å². The van der Waals surface area contributed by atoms with Crippen LogP contribution in [0.25, 0.3) is 5.69 Å². The standard InChI is InChI=1S/C16H13FN2O3S/c1-12-11-16(19(18-12)14-5-3-2-4-6-14)22-23(20,21)15-9-7-13(17)8-10-15/h2-11H,1H3. The van der Waals surface area contributed by atoms with Gasteiger partial charge in [-0.25, -0.2) is 4.39 Å². The molecule has 0 atom stereocenters. The third kappa shape index (κ3) is 3.24. The highest BCUT2D eigenvalue weighted by molar-refractivity contribution is 7.87. The van der Waals surface area contributed by atoms with Gasteiger partial charge in [0, 0.05) is 6.07 Å². The molecule has 1 heterocycles. The van der Waals surface area contributed by atoms with Crippen LogP contribution in [0.1, 0.15) is 5.69 Å². The van der Waals surface area contributed by atoms with E-state index >= 15 is 0 Å². The highest BCUT2D eigenvalue weighted by atomic mass is 32.2. The summed E-state index contributed by atoms with van der Waals surface area (Å²) in [4.78, 5) is -0.127. The van der Waals surface area contributed by atoms with Gasteiger partial charge in [0.15, 0.2) is 0 Å². The molecule has 3 aromatic rings. The monoisotopic (exact) mass is 332 g/mol. The van der Waals surface area contributed by atoms with Gasteiger partial charge in [0.2, 0.25) is 5.88 Å². The SMILES string of the molecule is Cc1cc(OS(=O)(=O)c2ccc(F)cc2)n(-c2ccccc2)n1. The highest BCUT2D eigenvalue weighted by Crippen LogP contribution is 2.23. The quantitative estimate of drug-likeness (QED) is 0.689. The molecule has 0 aliphatic carbocycles. The minimum Gasteiger partial charge on any atom is -0.358 e. The van der Waals surface area contributed by atoms with Crippen LogP contribution < -0.4 is 4.18 Å². The molecule has 2 aromatic carbocycles. The van der Waals surface area contributed by atoms with Crippen LogP contribution in [0.15, 0.2) is 65.6 Å². The van der Waals surface area contributed by atoms with E-state index in [1.54, 1.807) is 19.1 Å². The van der Waals surface area contributed by atoms with E-state index in [1.165, 1.54) is 10.7 Å². The van der Waals surface area contributed by atoms with Gasteiger partial charge in [-0.3, -0.25) is 0 Å². The molecule has 3 rings (SSSR count). The van der Waals surface area contributed by atoms with Crippen LogP contribution >= 0.6 is 0 Å². The first-order chi connectivity index (χ1) is 11.0. The lowest BCUT2D eigenvalue weighted by atomic mass is 10.3. The molecule has 0 saturated carbocycles. The number of aryl methyl sites for hydroxylation is 1. The van der Waals surface area contributed by atoms with Crippen LogP contribution in [0.4, 0.5) is 4.39 Å². The van der Waals surface area contributed by atoms with E-state index in [2.05, 4.69) is 5.10 Å². The maximum atomic E-state index is 12.9. The number of halogens is 1. The second-order valence-electron chi connectivity index (χ2n) is 4.86. The summed E-state index contributed by atoms with van der Waals surface area (Å²) in [5, 5.41) is 4.24. The Morgan fingerprint density at radius 3 is 2.35 bits per heavy atom. The summed E-state index contributed by atoms with van der Waals surface area (Å²) in [5.74, 6) is -0.452. The Hall–Kier alpha value is -2.67. The molecule has 118 valence electrons. The van der Waals surface area contributed by atoms with Crippen molar-refractivity contribution in [1.29, 1.82) is 0 Å². The molecule has 0 fully saturated rings. The zero-order valence-corrected chi connectivity index (χ0v) is 13.0. The fourth-order valence-electron chi connectivity index (χ4n) is 2.05. The van der Waals surface area contributed by atoms with E-state index in [-0.39, 0.29) is 10.8 Å². The summed E-state index contributed by atoms with van der Waals surface area (Å²) >= 11 is 0. The third-order valence-corrected chi connectivity index (χ3v) is 4.34. The number of para-hydroxylation sites is 1. The van der Waals surface area contributed by atoms with E-state index < -0.39 is 15.9 Å². The Labute approximate surface area is 133 Å². The number of hydrogen-bond acceptors (Lipinski definition) is 4. The van der Waals surface area contributed by atoms with E-state index in [0.29, 0.717) is 11.4 Å². The number of benzene rings is 2. The van der Waals surface area contributed by atoms with Crippen LogP contribution in [-0.4, -0.2) is 18.2 Å². The third-order valence-electron chi connectivity index (χ3n) is 3.10. The molecule has 0 amide bonds. The molecule has 0 unspecified atom stereocenters. The highest BCUT2D eigenvalue weighted by Gasteiger charge is 2.20. The Morgan fingerprint density at radius 2 is 1.70 bits per heavy atom. The van der Waals surface area contributed by atoms with Crippen molar-refractivity contribution in [3.63, 3.8) is 0 Å². The lowest BCUT2D eigenvalue weighted by Crippen LogP contribution is -2.12. The van der Waals surface area contributed by atoms with E-state index in [9.17, 15) is 12.8 Å². The fraction of sp³-hybridized carbons (Fsp3) is 0.0625. The molecule has 7 heteroatoms. The Morgan fingerprint density at radius 1 is 1.04 bits per heavy atom. The van der Waals surface area contributed by atoms with Crippen LogP contribution in [0.2, 0.25) is 0 Å². The smallest absolute Gasteiger partial charge is 0.340 e. The first kappa shape index (κ1) is 15.2. The molecule has 0 saturated heterocycles. The Balaban J connectivity index is 1.99. The summed E-state index contributed by atoms with van der Waals surface area (Å²) in [5.41, 5.74) is 1.28. The summed E-state index contributed by atoms with van der Waals surface area (Å²) in [7, 11) is -4.07.